The molecule has 3 rings (SSSR count). The normalized spacial score (nSPS) is 39.4. The summed E-state index contributed by atoms with van der Waals surface area (Å²) in [5.74, 6) is 0.487. The lowest BCUT2D eigenvalue weighted by atomic mass is 10.0. The zero-order valence-corrected chi connectivity index (χ0v) is 11.7. The topological polar surface area (TPSA) is 103 Å². The van der Waals surface area contributed by atoms with Crippen molar-refractivity contribution in [1.82, 2.24) is 10.2 Å². The van der Waals surface area contributed by atoms with Gasteiger partial charge < -0.3 is 30.9 Å². The Morgan fingerprint density at radius 2 is 2.40 bits per heavy atom. The number of nitrogens with zero attached hydrogens (tertiary/aromatic N) is 2. The summed E-state index contributed by atoms with van der Waals surface area (Å²) in [4.78, 5) is 6.76. The van der Waals surface area contributed by atoms with Crippen molar-refractivity contribution >= 4 is 23.5 Å². The summed E-state index contributed by atoms with van der Waals surface area (Å²) >= 11 is 5.24. The van der Waals surface area contributed by atoms with E-state index in [0.29, 0.717) is 10.8 Å². The van der Waals surface area contributed by atoms with Crippen molar-refractivity contribution < 1.29 is 14.9 Å². The maximum absolute atomic E-state index is 9.81. The zero-order chi connectivity index (χ0) is 14.5. The Labute approximate surface area is 121 Å². The third-order valence-corrected chi connectivity index (χ3v) is 4.03. The molecule has 0 saturated carbocycles. The molecule has 0 aromatic rings. The molecule has 0 bridgehead atoms. The van der Waals surface area contributed by atoms with Gasteiger partial charge >= 0.3 is 0 Å². The minimum atomic E-state index is -0.899. The Morgan fingerprint density at radius 1 is 1.65 bits per heavy atom. The number of aliphatic imine (C=N–C) groups is 1. The third-order valence-electron chi connectivity index (χ3n) is 3.69. The molecule has 3 aliphatic heterocycles. The van der Waals surface area contributed by atoms with Crippen LogP contribution in [0.2, 0.25) is 0 Å². The lowest BCUT2D eigenvalue weighted by Crippen LogP contribution is -2.55. The first-order valence-electron chi connectivity index (χ1n) is 6.25. The van der Waals surface area contributed by atoms with Gasteiger partial charge in [-0.2, -0.15) is 0 Å². The first-order valence-corrected chi connectivity index (χ1v) is 6.66. The lowest BCUT2D eigenvalue weighted by molar-refractivity contribution is -0.109. The first-order chi connectivity index (χ1) is 9.44. The number of rotatable bonds is 2. The SMILES string of the molecule is C[C@]1(N2C=NC3C(=S)NC(N)=CC32)C=C(O)[C@@H](CO)O1. The van der Waals surface area contributed by atoms with Crippen molar-refractivity contribution in [2.75, 3.05) is 6.61 Å². The summed E-state index contributed by atoms with van der Waals surface area (Å²) in [5.41, 5.74) is 4.90. The molecule has 0 aromatic carbocycles. The number of fused-ring (bicyclic) bond motifs is 1. The van der Waals surface area contributed by atoms with E-state index >= 15 is 0 Å². The van der Waals surface area contributed by atoms with Crippen LogP contribution < -0.4 is 11.1 Å². The molecule has 2 unspecified atom stereocenters. The van der Waals surface area contributed by atoms with Crippen LogP contribution in [-0.2, 0) is 4.74 Å². The second-order valence-corrected chi connectivity index (χ2v) is 5.57. The summed E-state index contributed by atoms with van der Waals surface area (Å²) in [5, 5.41) is 21.9. The van der Waals surface area contributed by atoms with Gasteiger partial charge in [-0.15, -0.1) is 0 Å². The molecule has 0 saturated heterocycles. The van der Waals surface area contributed by atoms with Crippen molar-refractivity contribution in [2.45, 2.75) is 30.8 Å². The number of ether oxygens (including phenoxy) is 1. The number of nitrogens with two attached hydrogens (primary N) is 1. The van der Waals surface area contributed by atoms with Crippen LogP contribution >= 0.6 is 12.2 Å². The van der Waals surface area contributed by atoms with Gasteiger partial charge in [-0.25, -0.2) is 0 Å². The van der Waals surface area contributed by atoms with Gasteiger partial charge in [0.25, 0.3) is 0 Å². The highest BCUT2D eigenvalue weighted by Gasteiger charge is 2.48. The van der Waals surface area contributed by atoms with E-state index in [1.165, 1.54) is 0 Å². The summed E-state index contributed by atoms with van der Waals surface area (Å²) in [6.45, 7) is 1.51. The van der Waals surface area contributed by atoms with Gasteiger partial charge in [0.1, 0.15) is 22.9 Å². The largest absolute Gasteiger partial charge is 0.510 e. The smallest absolute Gasteiger partial charge is 0.163 e. The van der Waals surface area contributed by atoms with Crippen molar-refractivity contribution in [2.24, 2.45) is 10.7 Å². The predicted molar refractivity (Wildman–Crippen MR) is 77.0 cm³/mol. The quantitative estimate of drug-likeness (QED) is 0.502. The van der Waals surface area contributed by atoms with Gasteiger partial charge in [-0.05, 0) is 13.0 Å². The second kappa shape index (κ2) is 4.44. The standard InChI is InChI=1S/C12H16N4O3S/c1-12(3-7(18)8(4-17)19-12)16-5-14-10-6(16)2-9(13)15-11(10)20/h2-3,5-6,8,10,17-18H,4,13H2,1H3,(H,15,20)/t6?,8-,10?,12-/m1/s1. The first kappa shape index (κ1) is 13.3. The fourth-order valence-electron chi connectivity index (χ4n) is 2.72. The van der Waals surface area contributed by atoms with E-state index in [1.807, 2.05) is 11.0 Å². The molecule has 20 heavy (non-hydrogen) atoms. The summed E-state index contributed by atoms with van der Waals surface area (Å²) < 4.78 is 5.72. The maximum atomic E-state index is 9.81. The van der Waals surface area contributed by atoms with Crippen molar-refractivity contribution in [3.63, 3.8) is 0 Å². The Kier molecular flexibility index (Phi) is 2.96. The molecule has 7 nitrogen and oxygen atoms in total. The van der Waals surface area contributed by atoms with Crippen LogP contribution in [-0.4, -0.2) is 57.0 Å². The number of hydrogen-bond acceptors (Lipinski definition) is 7. The predicted octanol–water partition coefficient (Wildman–Crippen LogP) is -0.653. The highest BCUT2D eigenvalue weighted by atomic mass is 32.1. The van der Waals surface area contributed by atoms with Crippen LogP contribution in [0.25, 0.3) is 0 Å². The van der Waals surface area contributed by atoms with E-state index < -0.39 is 11.8 Å². The fraction of sp³-hybridized carbons (Fsp3) is 0.500. The monoisotopic (exact) mass is 296 g/mol. The molecule has 0 radical (unpaired) electrons. The summed E-state index contributed by atoms with van der Waals surface area (Å²) in [7, 11) is 0. The van der Waals surface area contributed by atoms with Gasteiger partial charge in [0, 0.05) is 6.08 Å². The van der Waals surface area contributed by atoms with E-state index in [1.54, 1.807) is 19.3 Å². The van der Waals surface area contributed by atoms with Gasteiger partial charge in [-0.3, -0.25) is 4.99 Å². The molecule has 0 aliphatic carbocycles. The molecule has 5 N–H and O–H groups in total. The Morgan fingerprint density at radius 3 is 3.05 bits per heavy atom. The second-order valence-electron chi connectivity index (χ2n) is 5.13. The van der Waals surface area contributed by atoms with Crippen LogP contribution in [0, 0.1) is 0 Å². The maximum Gasteiger partial charge on any atom is 0.163 e. The number of aliphatic hydroxyl groups excluding tert-OH is 2. The zero-order valence-electron chi connectivity index (χ0n) is 10.9. The van der Waals surface area contributed by atoms with E-state index in [2.05, 4.69) is 10.3 Å². The number of aliphatic hydroxyl groups is 2. The summed E-state index contributed by atoms with van der Waals surface area (Å²) in [6, 6.07) is -0.392. The van der Waals surface area contributed by atoms with Gasteiger partial charge in [-0.1, -0.05) is 12.2 Å². The average Bonchev–Trinajstić information content (AvgIpc) is 2.91. The summed E-state index contributed by atoms with van der Waals surface area (Å²) in [6.07, 6.45) is 4.31. The van der Waals surface area contributed by atoms with Crippen LogP contribution in [0.3, 0.4) is 0 Å². The van der Waals surface area contributed by atoms with Gasteiger partial charge in [0.15, 0.2) is 5.72 Å². The van der Waals surface area contributed by atoms with Gasteiger partial charge in [0.2, 0.25) is 0 Å². The number of thiocarbonyl (C=S) groups is 1. The van der Waals surface area contributed by atoms with Crippen molar-refractivity contribution in [3.05, 3.63) is 23.7 Å². The highest BCUT2D eigenvalue weighted by Crippen LogP contribution is 2.35. The number of nitrogens with one attached hydrogen (secondary N) is 1. The van der Waals surface area contributed by atoms with Crippen molar-refractivity contribution in [1.29, 1.82) is 0 Å². The highest BCUT2D eigenvalue weighted by molar-refractivity contribution is 7.80. The molecule has 3 heterocycles. The molecule has 0 fully saturated rings. The average molecular weight is 296 g/mol. The molecule has 0 amide bonds. The van der Waals surface area contributed by atoms with Crippen LogP contribution in [0.4, 0.5) is 0 Å². The fourth-order valence-corrected chi connectivity index (χ4v) is 3.04. The molecular formula is C12H16N4O3S. The molecule has 0 spiro atoms. The molecule has 108 valence electrons. The van der Waals surface area contributed by atoms with Crippen LogP contribution in [0.15, 0.2) is 28.7 Å². The Bertz CT molecular complexity index is 547. The van der Waals surface area contributed by atoms with Gasteiger partial charge in [0.05, 0.1) is 24.8 Å². The van der Waals surface area contributed by atoms with Crippen molar-refractivity contribution in [3.8, 4) is 0 Å². The molecule has 8 heteroatoms. The molecular weight excluding hydrogens is 280 g/mol. The third kappa shape index (κ3) is 1.88. The van der Waals surface area contributed by atoms with E-state index in [0.717, 1.165) is 0 Å². The Hall–Kier alpha value is -1.64. The minimum Gasteiger partial charge on any atom is -0.510 e. The Balaban J connectivity index is 1.91. The number of hydrogen-bond donors (Lipinski definition) is 4. The molecule has 4 atom stereocenters. The van der Waals surface area contributed by atoms with Crippen LogP contribution in [0.1, 0.15) is 6.92 Å². The van der Waals surface area contributed by atoms with E-state index in [-0.39, 0.29) is 24.4 Å². The molecule has 3 aliphatic rings. The molecule has 0 aromatic heterocycles. The minimum absolute atomic E-state index is 0.0142. The van der Waals surface area contributed by atoms with E-state index in [4.69, 9.17) is 22.7 Å². The van der Waals surface area contributed by atoms with E-state index in [9.17, 15) is 10.2 Å². The van der Waals surface area contributed by atoms with Crippen LogP contribution in [0.5, 0.6) is 0 Å². The lowest BCUT2D eigenvalue weighted by Gasteiger charge is -2.39.